The van der Waals surface area contributed by atoms with Crippen LogP contribution in [0.4, 0.5) is 10.5 Å². The molecule has 2 aromatic heterocycles. The topological polar surface area (TPSA) is 76.7 Å². The fourth-order valence-corrected chi connectivity index (χ4v) is 2.53. The van der Waals surface area contributed by atoms with Crippen LogP contribution in [0.5, 0.6) is 0 Å². The number of anilines is 1. The Balaban J connectivity index is 1.49. The number of nitrogens with one attached hydrogen (secondary N) is 1. The molecule has 0 radical (unpaired) electrons. The third kappa shape index (κ3) is 3.18. The Labute approximate surface area is 142 Å². The number of hydrogen-bond donors (Lipinski definition) is 1. The minimum Gasteiger partial charge on any atom is -0.456 e. The number of carbonyl (C=O) groups excluding carboxylic acids is 1. The monoisotopic (exact) mass is 331 g/mol. The van der Waals surface area contributed by atoms with Gasteiger partial charge < -0.3 is 4.42 Å². The van der Waals surface area contributed by atoms with E-state index in [4.69, 9.17) is 9.25 Å². The summed E-state index contributed by atoms with van der Waals surface area (Å²) in [6.07, 6.45) is 4.01. The van der Waals surface area contributed by atoms with E-state index in [-0.39, 0.29) is 0 Å². The Morgan fingerprint density at radius 3 is 2.84 bits per heavy atom. The molecule has 4 aromatic rings. The average Bonchev–Trinajstić information content (AvgIpc) is 3.01. The van der Waals surface area contributed by atoms with E-state index >= 15 is 0 Å². The van der Waals surface area contributed by atoms with Crippen molar-refractivity contribution in [1.82, 2.24) is 4.98 Å². The third-order valence-electron chi connectivity index (χ3n) is 3.64. The maximum atomic E-state index is 11.9. The Kier molecular flexibility index (Phi) is 3.84. The quantitative estimate of drug-likeness (QED) is 0.339. The van der Waals surface area contributed by atoms with Crippen LogP contribution in [0.15, 0.2) is 76.6 Å². The van der Waals surface area contributed by atoms with Crippen LogP contribution >= 0.6 is 0 Å². The van der Waals surface area contributed by atoms with Crippen LogP contribution in [0.2, 0.25) is 0 Å². The first kappa shape index (κ1) is 14.9. The molecule has 1 N–H and O–H groups in total. The van der Waals surface area contributed by atoms with Crippen molar-refractivity contribution in [3.63, 3.8) is 0 Å². The van der Waals surface area contributed by atoms with Gasteiger partial charge >= 0.3 is 6.09 Å². The Morgan fingerprint density at radius 1 is 1.08 bits per heavy atom. The summed E-state index contributed by atoms with van der Waals surface area (Å²) in [7, 11) is 0. The number of rotatable bonds is 3. The summed E-state index contributed by atoms with van der Waals surface area (Å²) < 4.78 is 5.75. The maximum Gasteiger partial charge on any atom is 0.437 e. The smallest absolute Gasteiger partial charge is 0.437 e. The van der Waals surface area contributed by atoms with Gasteiger partial charge in [0.15, 0.2) is 0 Å². The predicted octanol–water partition coefficient (Wildman–Crippen LogP) is 4.56. The molecular weight excluding hydrogens is 318 g/mol. The summed E-state index contributed by atoms with van der Waals surface area (Å²) in [6.45, 7) is 0. The first-order chi connectivity index (χ1) is 12.3. The van der Waals surface area contributed by atoms with E-state index in [1.807, 2.05) is 36.4 Å². The lowest BCUT2D eigenvalue weighted by Crippen LogP contribution is -2.10. The van der Waals surface area contributed by atoms with E-state index in [2.05, 4.69) is 15.5 Å². The van der Waals surface area contributed by atoms with Crippen molar-refractivity contribution in [1.29, 1.82) is 0 Å². The molecule has 25 heavy (non-hydrogen) atoms. The molecule has 4 rings (SSSR count). The lowest BCUT2D eigenvalue weighted by Gasteiger charge is -2.02. The standard InChI is InChI=1S/C19H13N3O3/c23-19(25-21-12-13-4-3-9-20-11-13)22-14-7-8-18-16(10-14)15-5-1-2-6-17(15)24-18/h1-12H,(H,22,23). The first-order valence-corrected chi connectivity index (χ1v) is 7.62. The van der Waals surface area contributed by atoms with Gasteiger partial charge in [0.1, 0.15) is 11.2 Å². The largest absolute Gasteiger partial charge is 0.456 e. The number of hydrogen-bond acceptors (Lipinski definition) is 5. The SMILES string of the molecule is O=C(Nc1ccc2oc3ccccc3c2c1)ON=Cc1cccnc1. The van der Waals surface area contributed by atoms with Crippen LogP contribution in [0.3, 0.4) is 0 Å². The number of benzene rings is 2. The molecule has 0 bridgehead atoms. The third-order valence-corrected chi connectivity index (χ3v) is 3.64. The van der Waals surface area contributed by atoms with Gasteiger partial charge in [-0.2, -0.15) is 0 Å². The average molecular weight is 331 g/mol. The molecule has 0 aliphatic heterocycles. The zero-order valence-corrected chi connectivity index (χ0v) is 13.0. The van der Waals surface area contributed by atoms with Crippen molar-refractivity contribution in [3.05, 3.63) is 72.6 Å². The predicted molar refractivity (Wildman–Crippen MR) is 95.7 cm³/mol. The molecule has 0 unspecified atom stereocenters. The van der Waals surface area contributed by atoms with Gasteiger partial charge in [0.25, 0.3) is 0 Å². The fourth-order valence-electron chi connectivity index (χ4n) is 2.53. The second kappa shape index (κ2) is 6.45. The molecule has 0 saturated heterocycles. The van der Waals surface area contributed by atoms with E-state index in [1.54, 1.807) is 30.6 Å². The van der Waals surface area contributed by atoms with Crippen molar-refractivity contribution in [2.75, 3.05) is 5.32 Å². The molecule has 0 fully saturated rings. The number of aromatic nitrogens is 1. The second-order valence-electron chi connectivity index (χ2n) is 5.33. The molecule has 0 saturated carbocycles. The first-order valence-electron chi connectivity index (χ1n) is 7.62. The number of amides is 1. The van der Waals surface area contributed by atoms with Crippen LogP contribution in [0.25, 0.3) is 21.9 Å². The molecule has 0 atom stereocenters. The zero-order valence-electron chi connectivity index (χ0n) is 13.0. The van der Waals surface area contributed by atoms with Crippen molar-refractivity contribution in [3.8, 4) is 0 Å². The van der Waals surface area contributed by atoms with Crippen molar-refractivity contribution in [2.24, 2.45) is 5.16 Å². The number of pyridine rings is 1. The van der Waals surface area contributed by atoms with E-state index in [0.717, 1.165) is 27.5 Å². The van der Waals surface area contributed by atoms with Gasteiger partial charge in [-0.05, 0) is 30.3 Å². The van der Waals surface area contributed by atoms with Crippen molar-refractivity contribution in [2.45, 2.75) is 0 Å². The number of para-hydroxylation sites is 1. The molecular formula is C19H13N3O3. The Morgan fingerprint density at radius 2 is 1.96 bits per heavy atom. The number of carbonyl (C=O) groups is 1. The zero-order chi connectivity index (χ0) is 17.1. The molecule has 6 heteroatoms. The molecule has 2 aromatic carbocycles. The van der Waals surface area contributed by atoms with Crippen LogP contribution in [-0.2, 0) is 4.84 Å². The number of nitrogens with zero attached hydrogens (tertiary/aromatic N) is 2. The molecule has 122 valence electrons. The summed E-state index contributed by atoms with van der Waals surface area (Å²) in [5, 5.41) is 8.20. The van der Waals surface area contributed by atoms with E-state index in [0.29, 0.717) is 5.69 Å². The van der Waals surface area contributed by atoms with Gasteiger partial charge in [-0.1, -0.05) is 29.4 Å². The molecule has 0 aliphatic rings. The maximum absolute atomic E-state index is 11.9. The molecule has 6 nitrogen and oxygen atoms in total. The minimum absolute atomic E-state index is 0.598. The summed E-state index contributed by atoms with van der Waals surface area (Å²) in [6, 6.07) is 16.7. The van der Waals surface area contributed by atoms with Crippen molar-refractivity contribution < 1.29 is 14.0 Å². The summed E-state index contributed by atoms with van der Waals surface area (Å²) in [4.78, 5) is 20.6. The van der Waals surface area contributed by atoms with Crippen LogP contribution in [-0.4, -0.2) is 17.3 Å². The van der Waals surface area contributed by atoms with E-state index < -0.39 is 6.09 Å². The lowest BCUT2D eigenvalue weighted by atomic mass is 10.1. The van der Waals surface area contributed by atoms with Gasteiger partial charge in [-0.3, -0.25) is 15.1 Å². The molecule has 1 amide bonds. The molecule has 0 spiro atoms. The fraction of sp³-hybridized carbons (Fsp3) is 0. The van der Waals surface area contributed by atoms with E-state index in [1.165, 1.54) is 6.21 Å². The summed E-state index contributed by atoms with van der Waals surface area (Å²) in [5.41, 5.74) is 2.90. The van der Waals surface area contributed by atoms with Crippen LogP contribution in [0, 0.1) is 0 Å². The highest BCUT2D eigenvalue weighted by atomic mass is 16.7. The second-order valence-corrected chi connectivity index (χ2v) is 5.33. The summed E-state index contributed by atoms with van der Waals surface area (Å²) >= 11 is 0. The number of oxime groups is 1. The van der Waals surface area contributed by atoms with E-state index in [9.17, 15) is 4.79 Å². The normalized spacial score (nSPS) is 11.2. The highest BCUT2D eigenvalue weighted by molar-refractivity contribution is 6.06. The van der Waals surface area contributed by atoms with Gasteiger partial charge in [-0.25, -0.2) is 4.79 Å². The van der Waals surface area contributed by atoms with Gasteiger partial charge in [0.2, 0.25) is 0 Å². The van der Waals surface area contributed by atoms with Crippen molar-refractivity contribution >= 4 is 39.9 Å². The minimum atomic E-state index is -0.674. The number of furan rings is 1. The highest BCUT2D eigenvalue weighted by Gasteiger charge is 2.09. The molecule has 2 heterocycles. The van der Waals surface area contributed by atoms with Crippen LogP contribution in [0.1, 0.15) is 5.56 Å². The number of fused-ring (bicyclic) bond motifs is 3. The van der Waals surface area contributed by atoms with Gasteiger partial charge in [-0.15, -0.1) is 0 Å². The Hall–Kier alpha value is -3.67. The highest BCUT2D eigenvalue weighted by Crippen LogP contribution is 2.30. The molecule has 0 aliphatic carbocycles. The van der Waals surface area contributed by atoms with Gasteiger partial charge in [0, 0.05) is 34.4 Å². The van der Waals surface area contributed by atoms with Crippen LogP contribution < -0.4 is 5.32 Å². The van der Waals surface area contributed by atoms with Gasteiger partial charge in [0.05, 0.1) is 6.21 Å². The lowest BCUT2D eigenvalue weighted by molar-refractivity contribution is 0.167. The Bertz CT molecular complexity index is 1070. The summed E-state index contributed by atoms with van der Waals surface area (Å²) in [5.74, 6) is 0.